The van der Waals surface area contributed by atoms with Crippen molar-refractivity contribution in [3.63, 3.8) is 0 Å². The van der Waals surface area contributed by atoms with Gasteiger partial charge < -0.3 is 10.1 Å². The number of hydrogen-bond donors (Lipinski definition) is 2. The van der Waals surface area contributed by atoms with Crippen LogP contribution in [0.25, 0.3) is 0 Å². The molecule has 1 heterocycles. The third-order valence-electron chi connectivity index (χ3n) is 4.05. The van der Waals surface area contributed by atoms with E-state index in [4.69, 9.17) is 4.74 Å². The van der Waals surface area contributed by atoms with Gasteiger partial charge in [-0.15, -0.1) is 0 Å². The summed E-state index contributed by atoms with van der Waals surface area (Å²) in [6.07, 6.45) is 7.06. The Bertz CT molecular complexity index is 574. The van der Waals surface area contributed by atoms with E-state index in [-0.39, 0.29) is 11.9 Å². The van der Waals surface area contributed by atoms with Crippen LogP contribution in [0.4, 0.5) is 9.93 Å². The van der Waals surface area contributed by atoms with Gasteiger partial charge in [-0.25, -0.2) is 9.78 Å². The van der Waals surface area contributed by atoms with E-state index in [1.54, 1.807) is 20.8 Å². The molecule has 0 bridgehead atoms. The first-order chi connectivity index (χ1) is 11.2. The van der Waals surface area contributed by atoms with Gasteiger partial charge in [0.25, 0.3) is 5.91 Å². The van der Waals surface area contributed by atoms with Gasteiger partial charge in [-0.3, -0.25) is 10.1 Å². The van der Waals surface area contributed by atoms with Gasteiger partial charge in [0.2, 0.25) is 0 Å². The lowest BCUT2D eigenvalue weighted by atomic mass is 9.84. The number of rotatable bonds is 4. The molecule has 1 aliphatic rings. The Kier molecular flexibility index (Phi) is 6.21. The number of ether oxygens (including phenoxy) is 1. The fourth-order valence-corrected chi connectivity index (χ4v) is 3.56. The number of carbonyl (C=O) groups is 2. The average molecular weight is 353 g/mol. The van der Waals surface area contributed by atoms with E-state index in [2.05, 4.69) is 22.5 Å². The molecule has 24 heavy (non-hydrogen) atoms. The number of amides is 2. The van der Waals surface area contributed by atoms with Gasteiger partial charge in [-0.05, 0) is 46.5 Å². The van der Waals surface area contributed by atoms with Gasteiger partial charge in [0, 0.05) is 6.04 Å². The summed E-state index contributed by atoms with van der Waals surface area (Å²) >= 11 is 1.15. The lowest BCUT2D eigenvalue weighted by Crippen LogP contribution is -2.38. The van der Waals surface area contributed by atoms with Crippen LogP contribution in [0.2, 0.25) is 0 Å². The molecule has 1 atom stereocenters. The van der Waals surface area contributed by atoms with Crippen molar-refractivity contribution in [3.05, 3.63) is 11.1 Å². The van der Waals surface area contributed by atoms with E-state index in [0.29, 0.717) is 15.9 Å². The van der Waals surface area contributed by atoms with Gasteiger partial charge in [0.15, 0.2) is 5.13 Å². The minimum absolute atomic E-state index is 0.136. The Morgan fingerprint density at radius 2 is 1.96 bits per heavy atom. The van der Waals surface area contributed by atoms with Gasteiger partial charge in [0.1, 0.15) is 10.5 Å². The molecule has 0 unspecified atom stereocenters. The zero-order chi connectivity index (χ0) is 17.7. The van der Waals surface area contributed by atoms with Crippen molar-refractivity contribution >= 4 is 28.5 Å². The highest BCUT2D eigenvalue weighted by Gasteiger charge is 2.23. The molecule has 0 aromatic carbocycles. The van der Waals surface area contributed by atoms with Crippen molar-refractivity contribution in [3.8, 4) is 0 Å². The first-order valence-corrected chi connectivity index (χ1v) is 9.33. The molecule has 1 aromatic rings. The Balaban J connectivity index is 1.87. The normalized spacial score (nSPS) is 17.2. The van der Waals surface area contributed by atoms with Crippen LogP contribution in [-0.4, -0.2) is 28.6 Å². The van der Waals surface area contributed by atoms with E-state index in [1.807, 2.05) is 0 Å². The van der Waals surface area contributed by atoms with E-state index in [9.17, 15) is 9.59 Å². The number of anilines is 1. The molecule has 0 saturated heterocycles. The number of nitrogens with zero attached hydrogens (tertiary/aromatic N) is 1. The average Bonchev–Trinajstić information content (AvgIpc) is 2.94. The lowest BCUT2D eigenvalue weighted by molar-refractivity contribution is 0.0635. The number of thiazole rings is 1. The summed E-state index contributed by atoms with van der Waals surface area (Å²) in [6.45, 7) is 7.44. The molecule has 2 N–H and O–H groups in total. The maximum Gasteiger partial charge on any atom is 0.413 e. The Hall–Kier alpha value is -1.63. The highest BCUT2D eigenvalue weighted by Crippen LogP contribution is 2.27. The minimum Gasteiger partial charge on any atom is -0.444 e. The fraction of sp³-hybridized carbons (Fsp3) is 0.706. The number of carbonyl (C=O) groups excluding carboxylic acids is 2. The van der Waals surface area contributed by atoms with Gasteiger partial charge in [-0.2, -0.15) is 0 Å². The summed E-state index contributed by atoms with van der Waals surface area (Å²) in [6, 6.07) is 0.155. The molecule has 0 aliphatic heterocycles. The summed E-state index contributed by atoms with van der Waals surface area (Å²) < 4.78 is 5.17. The predicted molar refractivity (Wildman–Crippen MR) is 95.5 cm³/mol. The first kappa shape index (κ1) is 18.7. The van der Waals surface area contributed by atoms with Crippen LogP contribution in [0.15, 0.2) is 6.20 Å². The minimum atomic E-state index is -0.572. The summed E-state index contributed by atoms with van der Waals surface area (Å²) in [7, 11) is 0. The molecule has 6 nitrogen and oxygen atoms in total. The third-order valence-corrected chi connectivity index (χ3v) is 4.96. The van der Waals surface area contributed by atoms with Crippen molar-refractivity contribution in [1.29, 1.82) is 0 Å². The Morgan fingerprint density at radius 1 is 1.29 bits per heavy atom. The summed E-state index contributed by atoms with van der Waals surface area (Å²) in [4.78, 5) is 28.6. The zero-order valence-electron chi connectivity index (χ0n) is 14.8. The zero-order valence-corrected chi connectivity index (χ0v) is 15.7. The van der Waals surface area contributed by atoms with Crippen molar-refractivity contribution in [1.82, 2.24) is 10.3 Å². The number of hydrogen-bond acceptors (Lipinski definition) is 5. The third kappa shape index (κ3) is 5.78. The van der Waals surface area contributed by atoms with Gasteiger partial charge in [-0.1, -0.05) is 30.6 Å². The second-order valence-corrected chi connectivity index (χ2v) is 8.35. The number of nitrogens with one attached hydrogen (secondary N) is 2. The maximum absolute atomic E-state index is 12.3. The monoisotopic (exact) mass is 353 g/mol. The molecule has 1 aliphatic carbocycles. The lowest BCUT2D eigenvalue weighted by Gasteiger charge is -2.28. The molecular formula is C17H27N3O3S. The van der Waals surface area contributed by atoms with Crippen LogP contribution in [0, 0.1) is 5.92 Å². The topological polar surface area (TPSA) is 80.3 Å². The van der Waals surface area contributed by atoms with Crippen molar-refractivity contribution in [2.24, 2.45) is 5.92 Å². The molecule has 0 radical (unpaired) electrons. The van der Waals surface area contributed by atoms with Crippen molar-refractivity contribution in [2.45, 2.75) is 71.4 Å². The van der Waals surface area contributed by atoms with E-state index < -0.39 is 11.7 Å². The van der Waals surface area contributed by atoms with Crippen LogP contribution >= 0.6 is 11.3 Å². The standard InChI is InChI=1S/C17H27N3O3S/c1-11(12-8-6-5-7-9-12)19-14(21)13-10-18-15(24-13)20-16(22)23-17(2,3)4/h10-12H,5-9H2,1-4H3,(H,19,21)(H,18,20,22)/t11-/m0/s1. The summed E-state index contributed by atoms with van der Waals surface area (Å²) in [5.41, 5.74) is -0.572. The summed E-state index contributed by atoms with van der Waals surface area (Å²) in [5.74, 6) is 0.415. The second kappa shape index (κ2) is 7.96. The van der Waals surface area contributed by atoms with Crippen molar-refractivity contribution in [2.75, 3.05) is 5.32 Å². The second-order valence-electron chi connectivity index (χ2n) is 7.32. The molecule has 0 spiro atoms. The smallest absolute Gasteiger partial charge is 0.413 e. The van der Waals surface area contributed by atoms with Crippen LogP contribution in [0.1, 0.15) is 69.5 Å². The predicted octanol–water partition coefficient (Wildman–Crippen LogP) is 4.19. The molecule has 1 aromatic heterocycles. The molecular weight excluding hydrogens is 326 g/mol. The Morgan fingerprint density at radius 3 is 2.58 bits per heavy atom. The number of aromatic nitrogens is 1. The van der Waals surface area contributed by atoms with Crippen LogP contribution in [0.5, 0.6) is 0 Å². The first-order valence-electron chi connectivity index (χ1n) is 8.51. The van der Waals surface area contributed by atoms with E-state index in [1.165, 1.54) is 38.3 Å². The van der Waals surface area contributed by atoms with Crippen molar-refractivity contribution < 1.29 is 14.3 Å². The highest BCUT2D eigenvalue weighted by molar-refractivity contribution is 7.17. The maximum atomic E-state index is 12.3. The summed E-state index contributed by atoms with van der Waals surface area (Å²) in [5, 5.41) is 5.98. The SMILES string of the molecule is C[C@H](NC(=O)c1cnc(NC(=O)OC(C)(C)C)s1)C1CCCCC1. The van der Waals surface area contributed by atoms with Crippen LogP contribution < -0.4 is 10.6 Å². The van der Waals surface area contributed by atoms with Gasteiger partial charge in [0.05, 0.1) is 6.20 Å². The van der Waals surface area contributed by atoms with E-state index in [0.717, 1.165) is 11.3 Å². The molecule has 1 fully saturated rings. The van der Waals surface area contributed by atoms with Crippen LogP contribution in [-0.2, 0) is 4.74 Å². The molecule has 7 heteroatoms. The van der Waals surface area contributed by atoms with Gasteiger partial charge >= 0.3 is 6.09 Å². The highest BCUT2D eigenvalue weighted by atomic mass is 32.1. The molecule has 2 amide bonds. The largest absolute Gasteiger partial charge is 0.444 e. The Labute approximate surface area is 147 Å². The molecule has 2 rings (SSSR count). The van der Waals surface area contributed by atoms with E-state index >= 15 is 0 Å². The van der Waals surface area contributed by atoms with Crippen LogP contribution in [0.3, 0.4) is 0 Å². The quantitative estimate of drug-likeness (QED) is 0.850. The molecule has 134 valence electrons. The fourth-order valence-electron chi connectivity index (χ4n) is 2.86. The molecule has 1 saturated carbocycles.